The molecule has 1 aliphatic rings. The maximum absolute atomic E-state index is 12.4. The molecule has 0 atom stereocenters. The molecule has 3 rings (SSSR count). The standard InChI is InChI=1S/C19H19NO7/c1-2-24-17-8-13(4-6-14(17)25-10-18(21)22)19(23)20-9-12-3-5-15-16(7-12)27-11-26-15/h3-8H,2,9-11H2,1H3,(H,20,23)(H,21,22). The highest BCUT2D eigenvalue weighted by atomic mass is 16.7. The van der Waals surface area contributed by atoms with Crippen molar-refractivity contribution < 1.29 is 33.6 Å². The molecule has 0 fully saturated rings. The van der Waals surface area contributed by atoms with E-state index in [9.17, 15) is 9.59 Å². The number of ether oxygens (including phenoxy) is 4. The zero-order valence-electron chi connectivity index (χ0n) is 14.7. The molecule has 0 aromatic heterocycles. The van der Waals surface area contributed by atoms with Gasteiger partial charge in [-0.2, -0.15) is 0 Å². The summed E-state index contributed by atoms with van der Waals surface area (Å²) in [7, 11) is 0. The second-order valence-corrected chi connectivity index (χ2v) is 5.65. The van der Waals surface area contributed by atoms with Gasteiger partial charge in [-0.15, -0.1) is 0 Å². The van der Waals surface area contributed by atoms with Crippen LogP contribution in [0.25, 0.3) is 0 Å². The van der Waals surface area contributed by atoms with Crippen molar-refractivity contribution in [1.82, 2.24) is 5.32 Å². The number of nitrogens with one attached hydrogen (secondary N) is 1. The van der Waals surface area contributed by atoms with E-state index >= 15 is 0 Å². The number of carboxylic acids is 1. The fraction of sp³-hybridized carbons (Fsp3) is 0.263. The lowest BCUT2D eigenvalue weighted by Crippen LogP contribution is -2.22. The van der Waals surface area contributed by atoms with Gasteiger partial charge in [0.05, 0.1) is 6.61 Å². The Labute approximate surface area is 155 Å². The van der Waals surface area contributed by atoms with Crippen molar-refractivity contribution in [3.05, 3.63) is 47.5 Å². The Morgan fingerprint density at radius 2 is 1.89 bits per heavy atom. The molecule has 8 heteroatoms. The van der Waals surface area contributed by atoms with Crippen molar-refractivity contribution in [2.24, 2.45) is 0 Å². The van der Waals surface area contributed by atoms with E-state index in [1.54, 1.807) is 19.1 Å². The lowest BCUT2D eigenvalue weighted by molar-refractivity contribution is -0.139. The van der Waals surface area contributed by atoms with E-state index < -0.39 is 12.6 Å². The predicted octanol–water partition coefficient (Wildman–Crippen LogP) is 2.21. The van der Waals surface area contributed by atoms with Crippen LogP contribution in [0.2, 0.25) is 0 Å². The zero-order chi connectivity index (χ0) is 19.2. The average molecular weight is 373 g/mol. The number of benzene rings is 2. The monoisotopic (exact) mass is 373 g/mol. The van der Waals surface area contributed by atoms with Crippen LogP contribution < -0.4 is 24.3 Å². The van der Waals surface area contributed by atoms with Crippen molar-refractivity contribution in [1.29, 1.82) is 0 Å². The predicted molar refractivity (Wildman–Crippen MR) is 94.5 cm³/mol. The minimum absolute atomic E-state index is 0.196. The Kier molecular flexibility index (Phi) is 5.65. The van der Waals surface area contributed by atoms with Crippen LogP contribution in [-0.4, -0.2) is 37.0 Å². The SMILES string of the molecule is CCOc1cc(C(=O)NCc2ccc3c(c2)OCO3)ccc1OCC(=O)O. The molecule has 0 bridgehead atoms. The van der Waals surface area contributed by atoms with Gasteiger partial charge in [-0.1, -0.05) is 6.07 Å². The number of fused-ring (bicyclic) bond motifs is 1. The van der Waals surface area contributed by atoms with E-state index in [2.05, 4.69) is 5.32 Å². The Balaban J connectivity index is 1.66. The van der Waals surface area contributed by atoms with E-state index in [1.165, 1.54) is 12.1 Å². The molecule has 1 heterocycles. The maximum atomic E-state index is 12.4. The van der Waals surface area contributed by atoms with Gasteiger partial charge in [0, 0.05) is 12.1 Å². The molecular formula is C19H19NO7. The Bertz CT molecular complexity index is 850. The number of amides is 1. The number of rotatable bonds is 8. The maximum Gasteiger partial charge on any atom is 0.341 e. The summed E-state index contributed by atoms with van der Waals surface area (Å²) < 4.78 is 21.2. The fourth-order valence-electron chi connectivity index (χ4n) is 2.51. The van der Waals surface area contributed by atoms with Crippen molar-refractivity contribution in [3.63, 3.8) is 0 Å². The molecule has 2 N–H and O–H groups in total. The first-order chi connectivity index (χ1) is 13.1. The first-order valence-corrected chi connectivity index (χ1v) is 8.35. The summed E-state index contributed by atoms with van der Waals surface area (Å²) in [5, 5.41) is 11.5. The summed E-state index contributed by atoms with van der Waals surface area (Å²) in [4.78, 5) is 23.1. The lowest BCUT2D eigenvalue weighted by atomic mass is 10.1. The van der Waals surface area contributed by atoms with Gasteiger partial charge in [-0.25, -0.2) is 4.79 Å². The van der Waals surface area contributed by atoms with E-state index in [0.29, 0.717) is 36.0 Å². The molecule has 1 amide bonds. The largest absolute Gasteiger partial charge is 0.490 e. The number of hydrogen-bond donors (Lipinski definition) is 2. The van der Waals surface area contributed by atoms with E-state index in [1.807, 2.05) is 12.1 Å². The normalized spacial score (nSPS) is 11.7. The van der Waals surface area contributed by atoms with Crippen LogP contribution in [0.3, 0.4) is 0 Å². The molecule has 0 saturated heterocycles. The number of carboxylic acid groups (broad SMARTS) is 1. The van der Waals surface area contributed by atoms with Gasteiger partial charge >= 0.3 is 5.97 Å². The average Bonchev–Trinajstić information content (AvgIpc) is 3.13. The molecule has 0 radical (unpaired) electrons. The van der Waals surface area contributed by atoms with Crippen LogP contribution in [0.15, 0.2) is 36.4 Å². The smallest absolute Gasteiger partial charge is 0.341 e. The topological polar surface area (TPSA) is 103 Å². The molecule has 0 spiro atoms. The summed E-state index contributed by atoms with van der Waals surface area (Å²) in [6.07, 6.45) is 0. The molecule has 27 heavy (non-hydrogen) atoms. The highest BCUT2D eigenvalue weighted by molar-refractivity contribution is 5.94. The molecule has 142 valence electrons. The molecule has 2 aromatic carbocycles. The van der Waals surface area contributed by atoms with E-state index in [4.69, 9.17) is 24.1 Å². The molecule has 2 aromatic rings. The molecule has 8 nitrogen and oxygen atoms in total. The van der Waals surface area contributed by atoms with E-state index in [-0.39, 0.29) is 18.4 Å². The Hall–Kier alpha value is -3.42. The lowest BCUT2D eigenvalue weighted by Gasteiger charge is -2.12. The summed E-state index contributed by atoms with van der Waals surface area (Å²) in [6, 6.07) is 10.1. The van der Waals surface area contributed by atoms with Gasteiger partial charge in [0.1, 0.15) is 0 Å². The third kappa shape index (κ3) is 4.60. The molecular weight excluding hydrogens is 354 g/mol. The first-order valence-electron chi connectivity index (χ1n) is 8.35. The van der Waals surface area contributed by atoms with Crippen LogP contribution in [0.1, 0.15) is 22.8 Å². The fourth-order valence-corrected chi connectivity index (χ4v) is 2.51. The molecule has 0 aliphatic carbocycles. The summed E-state index contributed by atoms with van der Waals surface area (Å²) >= 11 is 0. The zero-order valence-corrected chi connectivity index (χ0v) is 14.7. The van der Waals surface area contributed by atoms with Crippen molar-refractivity contribution in [3.8, 4) is 23.0 Å². The third-order valence-electron chi connectivity index (χ3n) is 3.75. The second-order valence-electron chi connectivity index (χ2n) is 5.65. The minimum atomic E-state index is -1.09. The van der Waals surface area contributed by atoms with E-state index in [0.717, 1.165) is 5.56 Å². The van der Waals surface area contributed by atoms with Crippen LogP contribution in [0.4, 0.5) is 0 Å². The van der Waals surface area contributed by atoms with Gasteiger partial charge in [-0.05, 0) is 42.8 Å². The third-order valence-corrected chi connectivity index (χ3v) is 3.75. The van der Waals surface area contributed by atoms with Crippen molar-refractivity contribution >= 4 is 11.9 Å². The summed E-state index contributed by atoms with van der Waals surface area (Å²) in [6.45, 7) is 2.16. The summed E-state index contributed by atoms with van der Waals surface area (Å²) in [5.74, 6) is 0.533. The number of aliphatic carboxylic acids is 1. The van der Waals surface area contributed by atoms with Gasteiger partial charge in [0.2, 0.25) is 6.79 Å². The highest BCUT2D eigenvalue weighted by Crippen LogP contribution is 2.32. The second kappa shape index (κ2) is 8.31. The van der Waals surface area contributed by atoms with Crippen LogP contribution in [-0.2, 0) is 11.3 Å². The van der Waals surface area contributed by atoms with Gasteiger partial charge in [0.15, 0.2) is 29.6 Å². The van der Waals surface area contributed by atoms with Crippen LogP contribution >= 0.6 is 0 Å². The van der Waals surface area contributed by atoms with Gasteiger partial charge in [0.25, 0.3) is 5.91 Å². The molecule has 1 aliphatic heterocycles. The quantitative estimate of drug-likeness (QED) is 0.731. The Morgan fingerprint density at radius 3 is 2.67 bits per heavy atom. The molecule has 0 unspecified atom stereocenters. The van der Waals surface area contributed by atoms with Gasteiger partial charge < -0.3 is 29.4 Å². The highest BCUT2D eigenvalue weighted by Gasteiger charge is 2.15. The van der Waals surface area contributed by atoms with Crippen LogP contribution in [0.5, 0.6) is 23.0 Å². The number of carbonyl (C=O) groups excluding carboxylic acids is 1. The summed E-state index contributed by atoms with van der Waals surface area (Å²) in [5.41, 5.74) is 1.25. The van der Waals surface area contributed by atoms with Gasteiger partial charge in [-0.3, -0.25) is 4.79 Å². The van der Waals surface area contributed by atoms with Crippen molar-refractivity contribution in [2.45, 2.75) is 13.5 Å². The Morgan fingerprint density at radius 1 is 1.07 bits per heavy atom. The minimum Gasteiger partial charge on any atom is -0.490 e. The first kappa shape index (κ1) is 18.4. The number of carbonyl (C=O) groups is 2. The number of hydrogen-bond acceptors (Lipinski definition) is 6. The molecule has 0 saturated carbocycles. The van der Waals surface area contributed by atoms with Crippen molar-refractivity contribution in [2.75, 3.05) is 20.0 Å². The van der Waals surface area contributed by atoms with Crippen LogP contribution in [0, 0.1) is 0 Å².